The Morgan fingerprint density at radius 1 is 1.40 bits per heavy atom. The van der Waals surface area contributed by atoms with Crippen molar-refractivity contribution in [1.82, 2.24) is 5.32 Å². The highest BCUT2D eigenvalue weighted by atomic mass is 35.5. The van der Waals surface area contributed by atoms with Crippen LogP contribution in [0.15, 0.2) is 18.2 Å². The van der Waals surface area contributed by atoms with Crippen molar-refractivity contribution in [3.63, 3.8) is 0 Å². The fourth-order valence-electron chi connectivity index (χ4n) is 2.80. The molecule has 0 radical (unpaired) electrons. The third-order valence-electron chi connectivity index (χ3n) is 3.93. The van der Waals surface area contributed by atoms with Crippen molar-refractivity contribution in [2.75, 3.05) is 24.5 Å². The number of rotatable bonds is 5. The van der Waals surface area contributed by atoms with E-state index in [2.05, 4.69) is 49.2 Å². The van der Waals surface area contributed by atoms with Gasteiger partial charge in [0.25, 0.3) is 0 Å². The van der Waals surface area contributed by atoms with Crippen molar-refractivity contribution in [3.05, 3.63) is 28.8 Å². The lowest BCUT2D eigenvalue weighted by Crippen LogP contribution is -2.34. The Bertz CT molecular complexity index is 431. The smallest absolute Gasteiger partial charge is 0.0471 e. The molecule has 0 saturated carbocycles. The Morgan fingerprint density at radius 2 is 2.20 bits per heavy atom. The number of piperidine rings is 1. The maximum absolute atomic E-state index is 6.43. The van der Waals surface area contributed by atoms with Crippen LogP contribution in [0.4, 0.5) is 5.69 Å². The molecule has 0 spiro atoms. The van der Waals surface area contributed by atoms with Crippen LogP contribution < -0.4 is 10.2 Å². The molecule has 3 heteroatoms. The van der Waals surface area contributed by atoms with E-state index in [0.717, 1.165) is 37.1 Å². The summed E-state index contributed by atoms with van der Waals surface area (Å²) >= 11 is 6.43. The average molecular weight is 295 g/mol. The molecule has 1 aliphatic rings. The highest BCUT2D eigenvalue weighted by Gasteiger charge is 2.17. The van der Waals surface area contributed by atoms with E-state index >= 15 is 0 Å². The van der Waals surface area contributed by atoms with E-state index in [9.17, 15) is 0 Å². The van der Waals surface area contributed by atoms with Crippen molar-refractivity contribution in [2.45, 2.75) is 40.2 Å². The quantitative estimate of drug-likeness (QED) is 0.870. The molecule has 1 aliphatic heterocycles. The first kappa shape index (κ1) is 15.7. The molecule has 1 atom stereocenters. The molecule has 2 nitrogen and oxygen atoms in total. The third kappa shape index (κ3) is 4.39. The molecule has 1 saturated heterocycles. The standard InChI is InChI=1S/C17H27ClN2/c1-13(2)10-19-11-15-6-7-16(9-17(15)18)20-8-4-5-14(3)12-20/h6-7,9,13-14,19H,4-5,8,10-12H2,1-3H3. The van der Waals surface area contributed by atoms with E-state index in [0.29, 0.717) is 5.92 Å². The van der Waals surface area contributed by atoms with Gasteiger partial charge in [-0.2, -0.15) is 0 Å². The van der Waals surface area contributed by atoms with Crippen LogP contribution in [0.2, 0.25) is 5.02 Å². The van der Waals surface area contributed by atoms with Crippen molar-refractivity contribution < 1.29 is 0 Å². The van der Waals surface area contributed by atoms with Gasteiger partial charge >= 0.3 is 0 Å². The molecule has 112 valence electrons. The van der Waals surface area contributed by atoms with E-state index < -0.39 is 0 Å². The lowest BCUT2D eigenvalue weighted by atomic mass is 9.99. The molecular weight excluding hydrogens is 268 g/mol. The summed E-state index contributed by atoms with van der Waals surface area (Å²) in [6, 6.07) is 6.52. The Balaban J connectivity index is 1.98. The zero-order chi connectivity index (χ0) is 14.5. The Kier molecular flexibility index (Phi) is 5.74. The average Bonchev–Trinajstić information content (AvgIpc) is 2.40. The number of hydrogen-bond acceptors (Lipinski definition) is 2. The second-order valence-corrected chi connectivity index (χ2v) is 6.90. The van der Waals surface area contributed by atoms with E-state index in [-0.39, 0.29) is 0 Å². The van der Waals surface area contributed by atoms with Gasteiger partial charge in [0, 0.05) is 30.3 Å². The number of halogens is 1. The molecular formula is C17H27ClN2. The monoisotopic (exact) mass is 294 g/mol. The maximum Gasteiger partial charge on any atom is 0.0471 e. The Labute approximate surface area is 128 Å². The van der Waals surface area contributed by atoms with Gasteiger partial charge in [-0.05, 0) is 48.9 Å². The molecule has 0 amide bonds. The minimum absolute atomic E-state index is 0.669. The molecule has 1 fully saturated rings. The summed E-state index contributed by atoms with van der Waals surface area (Å²) in [6.45, 7) is 11.0. The number of hydrogen-bond donors (Lipinski definition) is 1. The molecule has 0 bridgehead atoms. The summed E-state index contributed by atoms with van der Waals surface area (Å²) in [5.41, 5.74) is 2.47. The Hall–Kier alpha value is -0.730. The van der Waals surface area contributed by atoms with Gasteiger partial charge in [-0.3, -0.25) is 0 Å². The number of nitrogens with one attached hydrogen (secondary N) is 1. The van der Waals surface area contributed by atoms with Gasteiger partial charge in [0.05, 0.1) is 0 Å². The van der Waals surface area contributed by atoms with E-state index in [1.54, 1.807) is 0 Å². The maximum atomic E-state index is 6.43. The number of nitrogens with zero attached hydrogens (tertiary/aromatic N) is 1. The summed E-state index contributed by atoms with van der Waals surface area (Å²) in [7, 11) is 0. The minimum Gasteiger partial charge on any atom is -0.371 e. The summed E-state index contributed by atoms with van der Waals surface area (Å²) in [5.74, 6) is 1.46. The number of anilines is 1. The van der Waals surface area contributed by atoms with Crippen molar-refractivity contribution in [1.29, 1.82) is 0 Å². The van der Waals surface area contributed by atoms with Gasteiger partial charge in [0.1, 0.15) is 0 Å². The van der Waals surface area contributed by atoms with Gasteiger partial charge in [-0.15, -0.1) is 0 Å². The normalized spacial score (nSPS) is 19.6. The molecule has 1 N–H and O–H groups in total. The highest BCUT2D eigenvalue weighted by molar-refractivity contribution is 6.31. The largest absolute Gasteiger partial charge is 0.371 e. The first-order valence-electron chi connectivity index (χ1n) is 7.80. The van der Waals surface area contributed by atoms with Crippen LogP contribution in [0.5, 0.6) is 0 Å². The first-order valence-corrected chi connectivity index (χ1v) is 8.18. The molecule has 2 rings (SSSR count). The van der Waals surface area contributed by atoms with Crippen LogP contribution in [0.3, 0.4) is 0 Å². The summed E-state index contributed by atoms with van der Waals surface area (Å²) in [6.07, 6.45) is 2.64. The van der Waals surface area contributed by atoms with Crippen LogP contribution >= 0.6 is 11.6 Å². The topological polar surface area (TPSA) is 15.3 Å². The van der Waals surface area contributed by atoms with Gasteiger partial charge in [-0.1, -0.05) is 38.4 Å². The molecule has 1 aromatic rings. The summed E-state index contributed by atoms with van der Waals surface area (Å²) < 4.78 is 0. The van der Waals surface area contributed by atoms with E-state index in [1.807, 2.05) is 0 Å². The molecule has 20 heavy (non-hydrogen) atoms. The lowest BCUT2D eigenvalue weighted by molar-refractivity contribution is 0.447. The van der Waals surface area contributed by atoms with Crippen molar-refractivity contribution >= 4 is 17.3 Å². The van der Waals surface area contributed by atoms with Crippen LogP contribution in [0.1, 0.15) is 39.2 Å². The third-order valence-corrected chi connectivity index (χ3v) is 4.28. The second kappa shape index (κ2) is 7.33. The molecule has 1 heterocycles. The fourth-order valence-corrected chi connectivity index (χ4v) is 3.04. The minimum atomic E-state index is 0.669. The van der Waals surface area contributed by atoms with E-state index in [1.165, 1.54) is 24.1 Å². The van der Waals surface area contributed by atoms with Gasteiger partial charge < -0.3 is 10.2 Å². The van der Waals surface area contributed by atoms with E-state index in [4.69, 9.17) is 11.6 Å². The van der Waals surface area contributed by atoms with Crippen LogP contribution in [-0.4, -0.2) is 19.6 Å². The first-order chi connectivity index (χ1) is 9.56. The molecule has 0 aromatic heterocycles. The fraction of sp³-hybridized carbons (Fsp3) is 0.647. The summed E-state index contributed by atoms with van der Waals surface area (Å²) in [5, 5.41) is 4.34. The SMILES string of the molecule is CC(C)CNCc1ccc(N2CCCC(C)C2)cc1Cl. The van der Waals surface area contributed by atoms with Crippen LogP contribution in [0, 0.1) is 11.8 Å². The van der Waals surface area contributed by atoms with Crippen molar-refractivity contribution in [2.24, 2.45) is 11.8 Å². The van der Waals surface area contributed by atoms with Gasteiger partial charge in [0.15, 0.2) is 0 Å². The predicted octanol–water partition coefficient (Wildman–Crippen LogP) is 4.32. The van der Waals surface area contributed by atoms with Crippen molar-refractivity contribution in [3.8, 4) is 0 Å². The summed E-state index contributed by atoms with van der Waals surface area (Å²) in [4.78, 5) is 2.46. The lowest BCUT2D eigenvalue weighted by Gasteiger charge is -2.33. The molecule has 1 unspecified atom stereocenters. The zero-order valence-electron chi connectivity index (χ0n) is 13.0. The molecule has 0 aliphatic carbocycles. The van der Waals surface area contributed by atoms with Crippen LogP contribution in [-0.2, 0) is 6.54 Å². The highest BCUT2D eigenvalue weighted by Crippen LogP contribution is 2.27. The predicted molar refractivity (Wildman–Crippen MR) is 88.6 cm³/mol. The Morgan fingerprint density at radius 3 is 2.85 bits per heavy atom. The van der Waals surface area contributed by atoms with Crippen LogP contribution in [0.25, 0.3) is 0 Å². The molecule has 1 aromatic carbocycles. The number of benzene rings is 1. The second-order valence-electron chi connectivity index (χ2n) is 6.49. The van der Waals surface area contributed by atoms with Gasteiger partial charge in [-0.25, -0.2) is 0 Å². The van der Waals surface area contributed by atoms with Gasteiger partial charge in [0.2, 0.25) is 0 Å². The zero-order valence-corrected chi connectivity index (χ0v) is 13.7.